The van der Waals surface area contributed by atoms with Crippen LogP contribution in [0.15, 0.2) is 28.9 Å². The van der Waals surface area contributed by atoms with E-state index in [2.05, 4.69) is 9.72 Å². The largest absolute Gasteiger partial charge is 0.464 e. The van der Waals surface area contributed by atoms with Crippen LogP contribution in [-0.4, -0.2) is 45.3 Å². The van der Waals surface area contributed by atoms with Crippen molar-refractivity contribution in [2.75, 3.05) is 13.7 Å². The lowest BCUT2D eigenvalue weighted by Gasteiger charge is -2.22. The average Bonchev–Trinajstić information content (AvgIpc) is 3.17. The molecule has 12 nitrogen and oxygen atoms in total. The zero-order valence-corrected chi connectivity index (χ0v) is 16.6. The first-order valence-corrected chi connectivity index (χ1v) is 8.88. The van der Waals surface area contributed by atoms with Gasteiger partial charge in [0, 0.05) is 18.7 Å². The second-order valence-electron chi connectivity index (χ2n) is 6.78. The van der Waals surface area contributed by atoms with Gasteiger partial charge in [0.05, 0.1) is 35.1 Å². The van der Waals surface area contributed by atoms with E-state index in [1.807, 2.05) is 13.8 Å². The number of hydrogen-bond donors (Lipinski definition) is 0. The highest BCUT2D eigenvalue weighted by Crippen LogP contribution is 2.24. The van der Waals surface area contributed by atoms with Crippen molar-refractivity contribution in [2.45, 2.75) is 26.8 Å². The molecule has 0 fully saturated rings. The molecule has 0 N–H and O–H groups in total. The van der Waals surface area contributed by atoms with Gasteiger partial charge in [-0.1, -0.05) is 13.8 Å². The summed E-state index contributed by atoms with van der Waals surface area (Å²) in [5, 5.41) is 22.2. The second kappa shape index (κ2) is 9.58. The number of non-ortho nitro benzene ring substituents is 2. The molecule has 1 aromatic carbocycles. The standard InChI is InChI=1S/C18H20N4O8/c1-11(2)4-5-20(9-16-19-15(10-30-16)18(24)29-3)17(23)12-6-13(21(25)26)8-14(7-12)22(27)28/h6-8,10-11H,4-5,9H2,1-3H3. The number of ether oxygens (including phenoxy) is 1. The Balaban J connectivity index is 2.37. The number of nitro benzene ring substituents is 2. The Kier molecular flexibility index (Phi) is 7.17. The van der Waals surface area contributed by atoms with Crippen LogP contribution < -0.4 is 0 Å². The smallest absolute Gasteiger partial charge is 0.360 e. The van der Waals surface area contributed by atoms with Gasteiger partial charge in [-0.2, -0.15) is 0 Å². The summed E-state index contributed by atoms with van der Waals surface area (Å²) in [5.74, 6) is -1.10. The number of carbonyl (C=O) groups is 2. The monoisotopic (exact) mass is 420 g/mol. The zero-order valence-electron chi connectivity index (χ0n) is 16.6. The molecule has 12 heteroatoms. The van der Waals surface area contributed by atoms with Gasteiger partial charge in [0.15, 0.2) is 5.69 Å². The van der Waals surface area contributed by atoms with Gasteiger partial charge in [0.2, 0.25) is 5.89 Å². The number of aromatic nitrogens is 1. The SMILES string of the molecule is COC(=O)c1coc(CN(CCC(C)C)C(=O)c2cc([N+](=O)[O-])cc([N+](=O)[O-])c2)n1. The minimum atomic E-state index is -0.807. The molecule has 0 unspecified atom stereocenters. The van der Waals surface area contributed by atoms with E-state index in [-0.39, 0.29) is 36.2 Å². The fourth-order valence-electron chi connectivity index (χ4n) is 2.52. The van der Waals surface area contributed by atoms with Crippen LogP contribution in [-0.2, 0) is 11.3 Å². The van der Waals surface area contributed by atoms with Crippen LogP contribution >= 0.6 is 0 Å². The number of carbonyl (C=O) groups excluding carboxylic acids is 2. The van der Waals surface area contributed by atoms with Crippen molar-refractivity contribution < 1.29 is 28.6 Å². The highest BCUT2D eigenvalue weighted by molar-refractivity contribution is 5.95. The number of oxazole rings is 1. The Labute approximate surface area is 170 Å². The number of hydrogen-bond acceptors (Lipinski definition) is 9. The molecule has 160 valence electrons. The molecule has 2 aromatic rings. The third kappa shape index (κ3) is 5.59. The zero-order chi connectivity index (χ0) is 22.4. The molecule has 0 aliphatic carbocycles. The van der Waals surface area contributed by atoms with Crippen LogP contribution in [0, 0.1) is 26.1 Å². The lowest BCUT2D eigenvalue weighted by atomic mass is 10.1. The van der Waals surface area contributed by atoms with E-state index < -0.39 is 33.1 Å². The minimum absolute atomic E-state index is 0.0486. The summed E-state index contributed by atoms with van der Waals surface area (Å²) in [5.41, 5.74) is -1.42. The fourth-order valence-corrected chi connectivity index (χ4v) is 2.52. The number of amides is 1. The summed E-state index contributed by atoms with van der Waals surface area (Å²) in [7, 11) is 1.18. The predicted molar refractivity (Wildman–Crippen MR) is 102 cm³/mol. The van der Waals surface area contributed by atoms with Crippen LogP contribution in [0.2, 0.25) is 0 Å². The van der Waals surface area contributed by atoms with E-state index in [4.69, 9.17) is 4.42 Å². The molecule has 0 spiro atoms. The molecule has 0 radical (unpaired) electrons. The van der Waals surface area contributed by atoms with E-state index in [9.17, 15) is 29.8 Å². The highest BCUT2D eigenvalue weighted by Gasteiger charge is 2.25. The molecule has 0 aliphatic heterocycles. The van der Waals surface area contributed by atoms with Crippen molar-refractivity contribution in [1.29, 1.82) is 0 Å². The quantitative estimate of drug-likeness (QED) is 0.337. The second-order valence-corrected chi connectivity index (χ2v) is 6.78. The predicted octanol–water partition coefficient (Wildman–Crippen LogP) is 2.97. The van der Waals surface area contributed by atoms with E-state index >= 15 is 0 Å². The normalized spacial score (nSPS) is 10.7. The van der Waals surface area contributed by atoms with Gasteiger partial charge in [-0.15, -0.1) is 0 Å². The van der Waals surface area contributed by atoms with Gasteiger partial charge in [0.1, 0.15) is 6.26 Å². The Morgan fingerprint density at radius 1 is 1.17 bits per heavy atom. The first-order chi connectivity index (χ1) is 14.1. The van der Waals surface area contributed by atoms with Gasteiger partial charge in [-0.05, 0) is 12.3 Å². The molecule has 0 atom stereocenters. The Morgan fingerprint density at radius 3 is 2.27 bits per heavy atom. The van der Waals surface area contributed by atoms with E-state index in [1.54, 1.807) is 0 Å². The summed E-state index contributed by atoms with van der Waals surface area (Å²) in [6, 6.07) is 2.74. The highest BCUT2D eigenvalue weighted by atomic mass is 16.6. The van der Waals surface area contributed by atoms with Crippen molar-refractivity contribution in [3.63, 3.8) is 0 Å². The number of esters is 1. The number of nitrogens with zero attached hydrogens (tertiary/aromatic N) is 4. The molecule has 0 saturated carbocycles. The number of benzene rings is 1. The third-order valence-corrected chi connectivity index (χ3v) is 4.11. The van der Waals surface area contributed by atoms with Gasteiger partial charge in [0.25, 0.3) is 17.3 Å². The summed E-state index contributed by atoms with van der Waals surface area (Å²) in [6.07, 6.45) is 1.68. The van der Waals surface area contributed by atoms with Crippen molar-refractivity contribution in [1.82, 2.24) is 9.88 Å². The van der Waals surface area contributed by atoms with Gasteiger partial charge in [-0.3, -0.25) is 25.0 Å². The summed E-state index contributed by atoms with van der Waals surface area (Å²) in [4.78, 5) is 50.4. The third-order valence-electron chi connectivity index (χ3n) is 4.11. The summed E-state index contributed by atoms with van der Waals surface area (Å²) in [6.45, 7) is 3.99. The van der Waals surface area contributed by atoms with Crippen molar-refractivity contribution >= 4 is 23.3 Å². The van der Waals surface area contributed by atoms with Crippen molar-refractivity contribution in [2.24, 2.45) is 5.92 Å². The first kappa shape index (κ1) is 22.5. The lowest BCUT2D eigenvalue weighted by Crippen LogP contribution is -2.32. The maximum atomic E-state index is 13.0. The maximum Gasteiger partial charge on any atom is 0.360 e. The molecule has 1 amide bonds. The van der Waals surface area contributed by atoms with E-state index in [0.29, 0.717) is 6.42 Å². The molecular formula is C18H20N4O8. The Bertz CT molecular complexity index is 937. The molecule has 0 aliphatic rings. The van der Waals surface area contributed by atoms with E-state index in [0.717, 1.165) is 24.5 Å². The van der Waals surface area contributed by atoms with Crippen LogP contribution in [0.1, 0.15) is 47.0 Å². The number of methoxy groups -OCH3 is 1. The molecule has 1 heterocycles. The molecule has 30 heavy (non-hydrogen) atoms. The van der Waals surface area contributed by atoms with Crippen molar-refractivity contribution in [3.8, 4) is 0 Å². The van der Waals surface area contributed by atoms with Crippen LogP contribution in [0.5, 0.6) is 0 Å². The Hall–Kier alpha value is -3.83. The average molecular weight is 420 g/mol. The molecule has 1 aromatic heterocycles. The Morgan fingerprint density at radius 2 is 1.77 bits per heavy atom. The van der Waals surface area contributed by atoms with Gasteiger partial charge in [-0.25, -0.2) is 9.78 Å². The minimum Gasteiger partial charge on any atom is -0.464 e. The number of nitro groups is 2. The molecule has 2 rings (SSSR count). The lowest BCUT2D eigenvalue weighted by molar-refractivity contribution is -0.394. The topological polar surface area (TPSA) is 159 Å². The number of rotatable bonds is 9. The van der Waals surface area contributed by atoms with Crippen LogP contribution in [0.25, 0.3) is 0 Å². The molecular weight excluding hydrogens is 400 g/mol. The van der Waals surface area contributed by atoms with Gasteiger partial charge >= 0.3 is 5.97 Å². The molecule has 0 bridgehead atoms. The van der Waals surface area contributed by atoms with Crippen LogP contribution in [0.4, 0.5) is 11.4 Å². The van der Waals surface area contributed by atoms with Crippen molar-refractivity contribution in [3.05, 3.63) is 61.8 Å². The first-order valence-electron chi connectivity index (χ1n) is 8.88. The summed E-state index contributed by atoms with van der Waals surface area (Å²) < 4.78 is 9.76. The molecule has 0 saturated heterocycles. The summed E-state index contributed by atoms with van der Waals surface area (Å²) >= 11 is 0. The van der Waals surface area contributed by atoms with E-state index in [1.165, 1.54) is 12.0 Å². The van der Waals surface area contributed by atoms with Gasteiger partial charge < -0.3 is 14.1 Å². The van der Waals surface area contributed by atoms with Crippen LogP contribution in [0.3, 0.4) is 0 Å². The maximum absolute atomic E-state index is 13.0. The fraction of sp³-hybridized carbons (Fsp3) is 0.389.